The third-order valence-corrected chi connectivity index (χ3v) is 3.95. The largest absolute Gasteiger partial charge is 0.497 e. The van der Waals surface area contributed by atoms with E-state index in [4.69, 9.17) is 9.47 Å². The van der Waals surface area contributed by atoms with Gasteiger partial charge in [-0.05, 0) is 43.9 Å². The molecule has 1 N–H and O–H groups in total. The molecule has 2 rings (SSSR count). The summed E-state index contributed by atoms with van der Waals surface area (Å²) in [5, 5.41) is 3.70. The lowest BCUT2D eigenvalue weighted by Crippen LogP contribution is -2.23. The Kier molecular flexibility index (Phi) is 4.70. The van der Waals surface area contributed by atoms with Crippen molar-refractivity contribution in [1.82, 2.24) is 5.32 Å². The van der Waals surface area contributed by atoms with Gasteiger partial charge < -0.3 is 14.8 Å². The van der Waals surface area contributed by atoms with Crippen LogP contribution < -0.4 is 14.8 Å². The van der Waals surface area contributed by atoms with Crippen LogP contribution in [0.25, 0.3) is 0 Å². The number of rotatable bonds is 7. The fourth-order valence-corrected chi connectivity index (χ4v) is 2.73. The highest BCUT2D eigenvalue weighted by Gasteiger charge is 2.36. The normalized spacial score (nSPS) is 22.9. The molecule has 3 atom stereocenters. The molecule has 0 amide bonds. The highest BCUT2D eigenvalue weighted by Crippen LogP contribution is 2.38. The fourth-order valence-electron chi connectivity index (χ4n) is 2.73. The molecule has 1 aromatic carbocycles. The van der Waals surface area contributed by atoms with Crippen LogP contribution in [0, 0.1) is 5.92 Å². The van der Waals surface area contributed by atoms with Crippen LogP contribution >= 0.6 is 0 Å². The van der Waals surface area contributed by atoms with E-state index in [1.807, 2.05) is 12.1 Å². The molecule has 0 aromatic heterocycles. The van der Waals surface area contributed by atoms with Gasteiger partial charge in [0.1, 0.15) is 11.5 Å². The molecular formula is C16H25NO2. The number of ether oxygens (including phenoxy) is 2. The molecule has 1 aliphatic carbocycles. The molecule has 1 aromatic rings. The quantitative estimate of drug-likeness (QED) is 0.816. The Bertz CT molecular complexity index is 419. The molecule has 106 valence electrons. The zero-order valence-corrected chi connectivity index (χ0v) is 12.4. The summed E-state index contributed by atoms with van der Waals surface area (Å²) in [6.45, 7) is 4.45. The molecule has 3 heteroatoms. The van der Waals surface area contributed by atoms with Gasteiger partial charge in [-0.15, -0.1) is 0 Å². The molecule has 0 radical (unpaired) electrons. The third-order valence-electron chi connectivity index (χ3n) is 3.95. The van der Waals surface area contributed by atoms with E-state index in [1.54, 1.807) is 14.2 Å². The van der Waals surface area contributed by atoms with Crippen molar-refractivity contribution in [1.29, 1.82) is 0 Å². The van der Waals surface area contributed by atoms with Crippen LogP contribution in [0.5, 0.6) is 11.5 Å². The summed E-state index contributed by atoms with van der Waals surface area (Å²) in [5.74, 6) is 2.67. The Labute approximate surface area is 116 Å². The molecule has 1 saturated carbocycles. The van der Waals surface area contributed by atoms with E-state index in [0.717, 1.165) is 17.4 Å². The fraction of sp³-hybridized carbons (Fsp3) is 0.625. The summed E-state index contributed by atoms with van der Waals surface area (Å²) in [6.07, 6.45) is 3.92. The Balaban J connectivity index is 2.03. The van der Waals surface area contributed by atoms with Gasteiger partial charge in [0.15, 0.2) is 0 Å². The van der Waals surface area contributed by atoms with E-state index in [-0.39, 0.29) is 6.04 Å². The minimum atomic E-state index is 0.289. The summed E-state index contributed by atoms with van der Waals surface area (Å²) < 4.78 is 10.7. The Morgan fingerprint density at radius 3 is 2.74 bits per heavy atom. The minimum absolute atomic E-state index is 0.289. The van der Waals surface area contributed by atoms with Gasteiger partial charge in [-0.1, -0.05) is 13.3 Å². The van der Waals surface area contributed by atoms with Crippen LogP contribution in [0.4, 0.5) is 0 Å². The molecule has 3 unspecified atom stereocenters. The maximum Gasteiger partial charge on any atom is 0.123 e. The van der Waals surface area contributed by atoms with Gasteiger partial charge in [0.2, 0.25) is 0 Å². The predicted octanol–water partition coefficient (Wildman–Crippen LogP) is 3.54. The van der Waals surface area contributed by atoms with Crippen LogP contribution in [-0.2, 0) is 0 Å². The first-order valence-electron chi connectivity index (χ1n) is 7.17. The average molecular weight is 263 g/mol. The lowest BCUT2D eigenvalue weighted by atomic mass is 10.1. The van der Waals surface area contributed by atoms with Crippen molar-refractivity contribution in [3.05, 3.63) is 23.8 Å². The monoisotopic (exact) mass is 263 g/mol. The first-order valence-corrected chi connectivity index (χ1v) is 7.17. The molecule has 1 aliphatic rings. The Morgan fingerprint density at radius 2 is 2.11 bits per heavy atom. The van der Waals surface area contributed by atoms with Crippen molar-refractivity contribution in [2.24, 2.45) is 5.92 Å². The van der Waals surface area contributed by atoms with E-state index in [9.17, 15) is 0 Å². The number of hydrogen-bond acceptors (Lipinski definition) is 3. The first kappa shape index (κ1) is 14.2. The standard InChI is InChI=1S/C16H25NO2/c1-5-6-12-9-15(12)17-11(2)14-10-13(18-3)7-8-16(14)19-4/h7-8,10-12,15,17H,5-6,9H2,1-4H3. The van der Waals surface area contributed by atoms with Gasteiger partial charge in [-0.3, -0.25) is 0 Å². The van der Waals surface area contributed by atoms with Crippen LogP contribution in [0.1, 0.15) is 44.7 Å². The van der Waals surface area contributed by atoms with E-state index in [0.29, 0.717) is 6.04 Å². The number of nitrogens with one attached hydrogen (secondary N) is 1. The third kappa shape index (κ3) is 3.41. The maximum absolute atomic E-state index is 5.45. The van der Waals surface area contributed by atoms with Gasteiger partial charge in [0.25, 0.3) is 0 Å². The topological polar surface area (TPSA) is 30.5 Å². The van der Waals surface area contributed by atoms with Gasteiger partial charge in [-0.2, -0.15) is 0 Å². The zero-order chi connectivity index (χ0) is 13.8. The average Bonchev–Trinajstić information content (AvgIpc) is 3.16. The van der Waals surface area contributed by atoms with E-state index >= 15 is 0 Å². The SMILES string of the molecule is CCCC1CC1NC(C)c1cc(OC)ccc1OC. The zero-order valence-electron chi connectivity index (χ0n) is 12.4. The van der Waals surface area contributed by atoms with Crippen LogP contribution in [-0.4, -0.2) is 20.3 Å². The van der Waals surface area contributed by atoms with Gasteiger partial charge in [0.05, 0.1) is 14.2 Å². The molecule has 1 fully saturated rings. The van der Waals surface area contributed by atoms with Crippen molar-refractivity contribution in [2.45, 2.75) is 45.2 Å². The van der Waals surface area contributed by atoms with Gasteiger partial charge in [0, 0.05) is 17.6 Å². The van der Waals surface area contributed by atoms with Crippen molar-refractivity contribution in [2.75, 3.05) is 14.2 Å². The highest BCUT2D eigenvalue weighted by molar-refractivity contribution is 5.42. The van der Waals surface area contributed by atoms with Crippen molar-refractivity contribution >= 4 is 0 Å². The minimum Gasteiger partial charge on any atom is -0.497 e. The van der Waals surface area contributed by atoms with Gasteiger partial charge >= 0.3 is 0 Å². The van der Waals surface area contributed by atoms with Crippen molar-refractivity contribution in [3.8, 4) is 11.5 Å². The number of benzene rings is 1. The second-order valence-corrected chi connectivity index (χ2v) is 5.39. The summed E-state index contributed by atoms with van der Waals surface area (Å²) in [5.41, 5.74) is 1.17. The van der Waals surface area contributed by atoms with E-state index in [2.05, 4.69) is 25.2 Å². The number of methoxy groups -OCH3 is 2. The smallest absolute Gasteiger partial charge is 0.123 e. The molecule has 0 spiro atoms. The van der Waals surface area contributed by atoms with Crippen LogP contribution in [0.2, 0.25) is 0 Å². The molecule has 19 heavy (non-hydrogen) atoms. The molecule has 0 saturated heterocycles. The summed E-state index contributed by atoms with van der Waals surface area (Å²) in [4.78, 5) is 0. The van der Waals surface area contributed by atoms with Crippen LogP contribution in [0.3, 0.4) is 0 Å². The molecule has 0 heterocycles. The second-order valence-electron chi connectivity index (χ2n) is 5.39. The molecule has 0 aliphatic heterocycles. The van der Waals surface area contributed by atoms with Gasteiger partial charge in [-0.25, -0.2) is 0 Å². The molecular weight excluding hydrogens is 238 g/mol. The number of hydrogen-bond donors (Lipinski definition) is 1. The molecule has 3 nitrogen and oxygen atoms in total. The first-order chi connectivity index (χ1) is 9.19. The van der Waals surface area contributed by atoms with Crippen molar-refractivity contribution in [3.63, 3.8) is 0 Å². The van der Waals surface area contributed by atoms with E-state index in [1.165, 1.54) is 24.8 Å². The van der Waals surface area contributed by atoms with Crippen LogP contribution in [0.15, 0.2) is 18.2 Å². The summed E-state index contributed by atoms with van der Waals surface area (Å²) >= 11 is 0. The lowest BCUT2D eigenvalue weighted by molar-refractivity contribution is 0.390. The lowest BCUT2D eigenvalue weighted by Gasteiger charge is -2.18. The Hall–Kier alpha value is -1.22. The highest BCUT2D eigenvalue weighted by atomic mass is 16.5. The summed E-state index contributed by atoms with van der Waals surface area (Å²) in [6, 6.07) is 6.94. The summed E-state index contributed by atoms with van der Waals surface area (Å²) in [7, 11) is 3.41. The second kappa shape index (κ2) is 6.29. The molecule has 0 bridgehead atoms. The Morgan fingerprint density at radius 1 is 1.32 bits per heavy atom. The van der Waals surface area contributed by atoms with Crippen molar-refractivity contribution < 1.29 is 9.47 Å². The van der Waals surface area contributed by atoms with E-state index < -0.39 is 0 Å². The predicted molar refractivity (Wildman–Crippen MR) is 77.9 cm³/mol. The maximum atomic E-state index is 5.45.